The van der Waals surface area contributed by atoms with Crippen molar-refractivity contribution in [2.45, 2.75) is 13.0 Å². The number of aromatic nitrogens is 1. The molecule has 3 heterocycles. The quantitative estimate of drug-likeness (QED) is 0.474. The van der Waals surface area contributed by atoms with Crippen molar-refractivity contribution >= 4 is 39.1 Å². The monoisotopic (exact) mass is 416 g/mol. The van der Waals surface area contributed by atoms with Crippen LogP contribution >= 0.6 is 11.3 Å². The van der Waals surface area contributed by atoms with Crippen molar-refractivity contribution in [3.05, 3.63) is 94.4 Å². The molecule has 1 amide bonds. The number of anilines is 1. The number of aliphatic hydroxyl groups is 1. The average Bonchev–Trinajstić information content (AvgIpc) is 3.47. The maximum Gasteiger partial charge on any atom is 0.296 e. The molecule has 1 aliphatic rings. The fourth-order valence-electron chi connectivity index (χ4n) is 3.66. The largest absolute Gasteiger partial charge is 0.503 e. The van der Waals surface area contributed by atoms with E-state index >= 15 is 0 Å². The van der Waals surface area contributed by atoms with Gasteiger partial charge in [0.2, 0.25) is 5.78 Å². The Morgan fingerprint density at radius 2 is 1.93 bits per heavy atom. The van der Waals surface area contributed by atoms with Crippen molar-refractivity contribution in [3.8, 4) is 0 Å². The summed E-state index contributed by atoms with van der Waals surface area (Å²) in [5.74, 6) is -1.69. The second-order valence-corrected chi connectivity index (χ2v) is 7.92. The Hall–Kier alpha value is -3.71. The van der Waals surface area contributed by atoms with Crippen LogP contribution in [0, 0.1) is 6.92 Å². The topological polar surface area (TPSA) is 83.6 Å². The number of amides is 1. The summed E-state index contributed by atoms with van der Waals surface area (Å²) in [4.78, 5) is 32.0. The van der Waals surface area contributed by atoms with Crippen LogP contribution in [0.2, 0.25) is 0 Å². The fraction of sp³-hybridized carbons (Fsp3) is 0.0870. The number of para-hydroxylation sites is 1. The molecule has 0 saturated heterocycles. The molecule has 1 N–H and O–H groups in total. The zero-order chi connectivity index (χ0) is 20.8. The van der Waals surface area contributed by atoms with Crippen LogP contribution in [-0.2, 0) is 4.79 Å². The summed E-state index contributed by atoms with van der Waals surface area (Å²) in [6.45, 7) is 1.95. The first kappa shape index (κ1) is 18.3. The summed E-state index contributed by atoms with van der Waals surface area (Å²) in [5.41, 5.74) is 2.29. The molecule has 5 rings (SSSR count). The molecule has 0 spiro atoms. The third-order valence-corrected chi connectivity index (χ3v) is 5.89. The number of nitrogens with zero attached hydrogens (tertiary/aromatic N) is 2. The van der Waals surface area contributed by atoms with Gasteiger partial charge in [0.1, 0.15) is 5.58 Å². The molecule has 1 atom stereocenters. The smallest absolute Gasteiger partial charge is 0.296 e. The van der Waals surface area contributed by atoms with Gasteiger partial charge in [0, 0.05) is 17.0 Å². The highest BCUT2D eigenvalue weighted by atomic mass is 32.1. The maximum absolute atomic E-state index is 13.4. The molecule has 2 aromatic heterocycles. The van der Waals surface area contributed by atoms with Crippen LogP contribution in [0.3, 0.4) is 0 Å². The zero-order valence-electron chi connectivity index (χ0n) is 15.9. The average molecular weight is 416 g/mol. The van der Waals surface area contributed by atoms with Crippen LogP contribution in [0.1, 0.15) is 27.7 Å². The molecular weight excluding hydrogens is 400 g/mol. The van der Waals surface area contributed by atoms with Crippen LogP contribution in [0.15, 0.2) is 81.9 Å². The number of ketones is 1. The predicted molar refractivity (Wildman–Crippen MR) is 114 cm³/mol. The molecule has 0 saturated carbocycles. The highest BCUT2D eigenvalue weighted by Gasteiger charge is 2.46. The highest BCUT2D eigenvalue weighted by molar-refractivity contribution is 7.13. The van der Waals surface area contributed by atoms with E-state index in [1.807, 2.05) is 49.4 Å². The summed E-state index contributed by atoms with van der Waals surface area (Å²) < 4.78 is 5.72. The van der Waals surface area contributed by atoms with E-state index in [-0.39, 0.29) is 11.3 Å². The SMILES string of the molecule is Cc1ccc([C@@H]2C(C(=O)c3cc4ccccc4o3)=C(O)C(=O)N2c2nccs2)cc1. The number of thiazole rings is 1. The molecular formula is C23H16N2O4S. The van der Waals surface area contributed by atoms with Crippen LogP contribution in [-0.4, -0.2) is 21.8 Å². The summed E-state index contributed by atoms with van der Waals surface area (Å²) in [5, 5.41) is 13.6. The van der Waals surface area contributed by atoms with Gasteiger partial charge >= 0.3 is 0 Å². The highest BCUT2D eigenvalue weighted by Crippen LogP contribution is 2.42. The number of furan rings is 1. The zero-order valence-corrected chi connectivity index (χ0v) is 16.7. The molecule has 2 aromatic carbocycles. The molecule has 0 radical (unpaired) electrons. The molecule has 6 nitrogen and oxygen atoms in total. The Balaban J connectivity index is 1.66. The van der Waals surface area contributed by atoms with E-state index in [1.165, 1.54) is 16.2 Å². The Kier molecular flexibility index (Phi) is 4.25. The van der Waals surface area contributed by atoms with Crippen LogP contribution < -0.4 is 4.90 Å². The van der Waals surface area contributed by atoms with Crippen LogP contribution in [0.25, 0.3) is 11.0 Å². The number of carbonyl (C=O) groups is 2. The number of carbonyl (C=O) groups excluding carboxylic acids is 2. The molecule has 0 unspecified atom stereocenters. The van der Waals surface area contributed by atoms with Gasteiger partial charge in [0.15, 0.2) is 16.7 Å². The predicted octanol–water partition coefficient (Wildman–Crippen LogP) is 4.98. The lowest BCUT2D eigenvalue weighted by atomic mass is 9.94. The number of fused-ring (bicyclic) bond motifs is 1. The molecule has 0 aliphatic carbocycles. The van der Waals surface area contributed by atoms with Gasteiger partial charge in [-0.25, -0.2) is 4.98 Å². The molecule has 0 fully saturated rings. The Morgan fingerprint density at radius 1 is 1.17 bits per heavy atom. The number of hydrogen-bond acceptors (Lipinski definition) is 6. The molecule has 1 aliphatic heterocycles. The molecule has 148 valence electrons. The van der Waals surface area contributed by atoms with E-state index in [9.17, 15) is 14.7 Å². The van der Waals surface area contributed by atoms with Gasteiger partial charge < -0.3 is 9.52 Å². The molecule has 7 heteroatoms. The van der Waals surface area contributed by atoms with Gasteiger partial charge in [-0.3, -0.25) is 14.5 Å². The van der Waals surface area contributed by atoms with E-state index in [1.54, 1.807) is 23.7 Å². The van der Waals surface area contributed by atoms with Crippen molar-refractivity contribution in [3.63, 3.8) is 0 Å². The second kappa shape index (κ2) is 6.96. The first-order valence-electron chi connectivity index (χ1n) is 9.30. The maximum atomic E-state index is 13.4. The molecule has 0 bridgehead atoms. The van der Waals surface area contributed by atoms with E-state index in [4.69, 9.17) is 4.42 Å². The van der Waals surface area contributed by atoms with Gasteiger partial charge in [-0.15, -0.1) is 11.3 Å². The van der Waals surface area contributed by atoms with Gasteiger partial charge in [0.05, 0.1) is 11.6 Å². The van der Waals surface area contributed by atoms with Crippen molar-refractivity contribution in [1.82, 2.24) is 4.98 Å². The van der Waals surface area contributed by atoms with Crippen molar-refractivity contribution in [2.75, 3.05) is 4.90 Å². The lowest BCUT2D eigenvalue weighted by molar-refractivity contribution is -0.117. The Bertz CT molecular complexity index is 1270. The van der Waals surface area contributed by atoms with Crippen molar-refractivity contribution < 1.29 is 19.1 Å². The minimum atomic E-state index is -0.801. The first-order valence-corrected chi connectivity index (χ1v) is 10.2. The number of benzene rings is 2. The van der Waals surface area contributed by atoms with Gasteiger partial charge in [-0.2, -0.15) is 0 Å². The number of hydrogen-bond donors (Lipinski definition) is 1. The summed E-state index contributed by atoms with van der Waals surface area (Å²) >= 11 is 1.26. The van der Waals surface area contributed by atoms with Crippen LogP contribution in [0.5, 0.6) is 0 Å². The Morgan fingerprint density at radius 3 is 2.63 bits per heavy atom. The van der Waals surface area contributed by atoms with E-state index in [0.717, 1.165) is 10.9 Å². The van der Waals surface area contributed by atoms with E-state index in [0.29, 0.717) is 16.3 Å². The molecule has 30 heavy (non-hydrogen) atoms. The summed E-state index contributed by atoms with van der Waals surface area (Å²) in [7, 11) is 0. The number of rotatable bonds is 4. The normalized spacial score (nSPS) is 16.6. The van der Waals surface area contributed by atoms with Crippen LogP contribution in [0.4, 0.5) is 5.13 Å². The van der Waals surface area contributed by atoms with E-state index < -0.39 is 23.5 Å². The molecule has 4 aromatic rings. The van der Waals surface area contributed by atoms with Gasteiger partial charge in [-0.1, -0.05) is 48.0 Å². The van der Waals surface area contributed by atoms with E-state index in [2.05, 4.69) is 4.98 Å². The Labute approximate surface area is 175 Å². The number of aliphatic hydroxyl groups excluding tert-OH is 1. The lowest BCUT2D eigenvalue weighted by Gasteiger charge is -2.24. The number of aryl methyl sites for hydroxylation is 1. The number of Topliss-reactive ketones (excluding diaryl/α,β-unsaturated/α-hetero) is 1. The van der Waals surface area contributed by atoms with Crippen molar-refractivity contribution in [1.29, 1.82) is 0 Å². The first-order chi connectivity index (χ1) is 14.5. The minimum absolute atomic E-state index is 0.0156. The minimum Gasteiger partial charge on any atom is -0.503 e. The summed E-state index contributed by atoms with van der Waals surface area (Å²) in [6.07, 6.45) is 1.58. The lowest BCUT2D eigenvalue weighted by Crippen LogP contribution is -2.30. The summed E-state index contributed by atoms with van der Waals surface area (Å²) in [6, 6.07) is 15.6. The fourth-order valence-corrected chi connectivity index (χ4v) is 4.33. The standard InChI is InChI=1S/C23H16N2O4S/c1-13-6-8-14(9-7-13)19-18(21(27)22(28)25(19)23-24-10-11-30-23)20(26)17-12-15-4-2-3-5-16(15)29-17/h2-12,19,27H,1H3/t19-/m1/s1. The third-order valence-electron chi connectivity index (χ3n) is 5.12. The third kappa shape index (κ3) is 2.83. The van der Waals surface area contributed by atoms with Gasteiger partial charge in [0.25, 0.3) is 5.91 Å². The van der Waals surface area contributed by atoms with Crippen molar-refractivity contribution in [2.24, 2.45) is 0 Å². The second-order valence-electron chi connectivity index (χ2n) is 7.04. The van der Waals surface area contributed by atoms with Gasteiger partial charge in [-0.05, 0) is 24.6 Å².